The number of nitrogens with one attached hydrogen (secondary N) is 1. The lowest BCUT2D eigenvalue weighted by Crippen LogP contribution is -2.12. The molecule has 0 saturated carbocycles. The van der Waals surface area contributed by atoms with Gasteiger partial charge in [-0.15, -0.1) is 11.3 Å². The van der Waals surface area contributed by atoms with E-state index >= 15 is 0 Å². The van der Waals surface area contributed by atoms with Crippen molar-refractivity contribution >= 4 is 27.2 Å². The van der Waals surface area contributed by atoms with E-state index in [2.05, 4.69) is 28.5 Å². The molecule has 1 saturated heterocycles. The van der Waals surface area contributed by atoms with Crippen LogP contribution in [0.3, 0.4) is 0 Å². The number of thiazole rings is 1. The van der Waals surface area contributed by atoms with Crippen molar-refractivity contribution in [2.75, 3.05) is 18.5 Å². The lowest BCUT2D eigenvalue weighted by molar-refractivity contribution is 0.107. The maximum Gasteiger partial charge on any atom is 0.0813 e. The van der Waals surface area contributed by atoms with Crippen LogP contribution in [0.5, 0.6) is 0 Å². The van der Waals surface area contributed by atoms with E-state index < -0.39 is 0 Å². The van der Waals surface area contributed by atoms with E-state index in [1.54, 1.807) is 11.3 Å². The highest BCUT2D eigenvalue weighted by atomic mass is 32.1. The summed E-state index contributed by atoms with van der Waals surface area (Å²) in [6, 6.07) is 6.33. The normalized spacial score (nSPS) is 19.9. The Kier molecular flexibility index (Phi) is 3.25. The zero-order chi connectivity index (χ0) is 11.5. The molecule has 0 bridgehead atoms. The Hall–Kier alpha value is -1.13. The highest BCUT2D eigenvalue weighted by Crippen LogP contribution is 2.22. The van der Waals surface area contributed by atoms with Crippen LogP contribution in [0.1, 0.15) is 19.3 Å². The van der Waals surface area contributed by atoms with E-state index in [1.165, 1.54) is 23.2 Å². The fraction of sp³-hybridized carbons (Fsp3) is 0.462. The minimum Gasteiger partial charge on any atom is -0.385 e. The van der Waals surface area contributed by atoms with E-state index in [9.17, 15) is 0 Å². The van der Waals surface area contributed by atoms with Crippen molar-refractivity contribution in [1.29, 1.82) is 0 Å². The molecule has 1 unspecified atom stereocenters. The van der Waals surface area contributed by atoms with E-state index in [0.29, 0.717) is 6.10 Å². The molecule has 3 nitrogen and oxygen atoms in total. The van der Waals surface area contributed by atoms with Gasteiger partial charge < -0.3 is 10.1 Å². The second-order valence-electron chi connectivity index (χ2n) is 4.39. The average molecular weight is 248 g/mol. The zero-order valence-electron chi connectivity index (χ0n) is 9.69. The number of rotatable bonds is 4. The van der Waals surface area contributed by atoms with Crippen LogP contribution in [0, 0.1) is 0 Å². The summed E-state index contributed by atoms with van der Waals surface area (Å²) in [4.78, 5) is 4.27. The molecule has 90 valence electrons. The summed E-state index contributed by atoms with van der Waals surface area (Å²) in [6.07, 6.45) is 4.00. The third-order valence-corrected chi connectivity index (χ3v) is 3.94. The molecule has 1 aromatic carbocycles. The average Bonchev–Trinajstić information content (AvgIpc) is 2.98. The second kappa shape index (κ2) is 5.02. The van der Waals surface area contributed by atoms with Gasteiger partial charge >= 0.3 is 0 Å². The third kappa shape index (κ3) is 2.58. The third-order valence-electron chi connectivity index (χ3n) is 3.15. The molecule has 1 aliphatic heterocycles. The Morgan fingerprint density at radius 1 is 1.47 bits per heavy atom. The van der Waals surface area contributed by atoms with Crippen LogP contribution in [0.25, 0.3) is 10.2 Å². The fourth-order valence-electron chi connectivity index (χ4n) is 2.21. The first kappa shape index (κ1) is 11.0. The molecule has 0 amide bonds. The van der Waals surface area contributed by atoms with Gasteiger partial charge in [-0.05, 0) is 37.5 Å². The zero-order valence-corrected chi connectivity index (χ0v) is 10.5. The summed E-state index contributed by atoms with van der Waals surface area (Å²) in [7, 11) is 0. The largest absolute Gasteiger partial charge is 0.385 e. The van der Waals surface area contributed by atoms with Crippen molar-refractivity contribution in [2.24, 2.45) is 0 Å². The van der Waals surface area contributed by atoms with Crippen molar-refractivity contribution < 1.29 is 4.74 Å². The summed E-state index contributed by atoms with van der Waals surface area (Å²) in [6.45, 7) is 1.92. The van der Waals surface area contributed by atoms with Crippen molar-refractivity contribution in [3.8, 4) is 0 Å². The van der Waals surface area contributed by atoms with Crippen molar-refractivity contribution in [1.82, 2.24) is 4.98 Å². The summed E-state index contributed by atoms with van der Waals surface area (Å²) in [5.41, 5.74) is 4.15. The predicted molar refractivity (Wildman–Crippen MR) is 71.7 cm³/mol. The molecule has 2 aromatic rings. The summed E-state index contributed by atoms with van der Waals surface area (Å²) in [5, 5.41) is 3.45. The summed E-state index contributed by atoms with van der Waals surface area (Å²) >= 11 is 1.68. The van der Waals surface area contributed by atoms with Crippen LogP contribution in [-0.2, 0) is 4.74 Å². The van der Waals surface area contributed by atoms with Crippen LogP contribution in [0.2, 0.25) is 0 Å². The first-order chi connectivity index (χ1) is 8.42. The minimum absolute atomic E-state index is 0.467. The van der Waals surface area contributed by atoms with Gasteiger partial charge in [-0.2, -0.15) is 0 Å². The number of ether oxygens (including phenoxy) is 1. The summed E-state index contributed by atoms with van der Waals surface area (Å²) in [5.74, 6) is 0. The molecule has 3 rings (SSSR count). The van der Waals surface area contributed by atoms with E-state index in [1.807, 2.05) is 5.51 Å². The van der Waals surface area contributed by atoms with Gasteiger partial charge in [0.15, 0.2) is 0 Å². The van der Waals surface area contributed by atoms with Gasteiger partial charge in [0.05, 0.1) is 21.8 Å². The minimum atomic E-state index is 0.467. The Balaban J connectivity index is 1.56. The lowest BCUT2D eigenvalue weighted by Gasteiger charge is -2.10. The van der Waals surface area contributed by atoms with Gasteiger partial charge in [0.25, 0.3) is 0 Å². The highest BCUT2D eigenvalue weighted by molar-refractivity contribution is 7.16. The summed E-state index contributed by atoms with van der Waals surface area (Å²) < 4.78 is 6.84. The van der Waals surface area contributed by atoms with Crippen LogP contribution < -0.4 is 5.32 Å². The Morgan fingerprint density at radius 2 is 2.47 bits per heavy atom. The topological polar surface area (TPSA) is 34.2 Å². The van der Waals surface area contributed by atoms with Crippen LogP contribution in [-0.4, -0.2) is 24.2 Å². The van der Waals surface area contributed by atoms with Gasteiger partial charge in [0.1, 0.15) is 0 Å². The van der Waals surface area contributed by atoms with Crippen molar-refractivity contribution in [2.45, 2.75) is 25.4 Å². The fourth-order valence-corrected chi connectivity index (χ4v) is 2.93. The second-order valence-corrected chi connectivity index (χ2v) is 5.27. The van der Waals surface area contributed by atoms with Gasteiger partial charge in [0.2, 0.25) is 0 Å². The van der Waals surface area contributed by atoms with Gasteiger partial charge in [-0.3, -0.25) is 0 Å². The molecule has 0 radical (unpaired) electrons. The molecule has 2 heterocycles. The first-order valence-electron chi connectivity index (χ1n) is 6.10. The Morgan fingerprint density at radius 3 is 3.35 bits per heavy atom. The van der Waals surface area contributed by atoms with E-state index in [0.717, 1.165) is 25.1 Å². The molecular formula is C13H16N2OS. The molecule has 1 fully saturated rings. The maximum absolute atomic E-state index is 5.60. The SMILES string of the molecule is c1nc2ccc(NCCC3CCCO3)cc2s1. The Labute approximate surface area is 105 Å². The quantitative estimate of drug-likeness (QED) is 0.901. The van der Waals surface area contributed by atoms with Crippen LogP contribution in [0.15, 0.2) is 23.7 Å². The molecule has 0 aliphatic carbocycles. The van der Waals surface area contributed by atoms with Gasteiger partial charge in [-0.1, -0.05) is 0 Å². The number of fused-ring (bicyclic) bond motifs is 1. The maximum atomic E-state index is 5.60. The predicted octanol–water partition coefficient (Wildman–Crippen LogP) is 3.28. The molecule has 4 heteroatoms. The standard InChI is InChI=1S/C13H16N2OS/c1-2-11(16-7-1)5-6-14-10-3-4-12-13(8-10)17-9-15-12/h3-4,8-9,11,14H,1-2,5-7H2. The van der Waals surface area contributed by atoms with Crippen molar-refractivity contribution in [3.05, 3.63) is 23.7 Å². The number of benzene rings is 1. The van der Waals surface area contributed by atoms with Crippen LogP contribution in [0.4, 0.5) is 5.69 Å². The highest BCUT2D eigenvalue weighted by Gasteiger charge is 2.14. The smallest absolute Gasteiger partial charge is 0.0813 e. The number of aromatic nitrogens is 1. The molecule has 1 N–H and O–H groups in total. The number of nitrogens with zero attached hydrogens (tertiary/aromatic N) is 1. The van der Waals surface area contributed by atoms with E-state index in [4.69, 9.17) is 4.74 Å². The Bertz CT molecular complexity index is 491. The molecular weight excluding hydrogens is 232 g/mol. The van der Waals surface area contributed by atoms with Gasteiger partial charge in [-0.25, -0.2) is 4.98 Å². The molecule has 17 heavy (non-hydrogen) atoms. The number of hydrogen-bond acceptors (Lipinski definition) is 4. The van der Waals surface area contributed by atoms with E-state index in [-0.39, 0.29) is 0 Å². The van der Waals surface area contributed by atoms with Crippen molar-refractivity contribution in [3.63, 3.8) is 0 Å². The molecule has 0 spiro atoms. The van der Waals surface area contributed by atoms with Crippen LogP contribution >= 0.6 is 11.3 Å². The number of hydrogen-bond donors (Lipinski definition) is 1. The number of anilines is 1. The first-order valence-corrected chi connectivity index (χ1v) is 6.98. The molecule has 1 aliphatic rings. The van der Waals surface area contributed by atoms with Gasteiger partial charge in [0, 0.05) is 18.8 Å². The molecule has 1 aromatic heterocycles. The molecule has 1 atom stereocenters. The monoisotopic (exact) mass is 248 g/mol. The lowest BCUT2D eigenvalue weighted by atomic mass is 10.2.